The molecule has 5 heteroatoms. The maximum atomic E-state index is 12.2. The largest absolute Gasteiger partial charge is 0.497 e. The van der Waals surface area contributed by atoms with Crippen LogP contribution in [0.2, 0.25) is 0 Å². The monoisotopic (exact) mass is 250 g/mol. The lowest BCUT2D eigenvalue weighted by Crippen LogP contribution is -2.48. The van der Waals surface area contributed by atoms with Crippen molar-refractivity contribution in [1.82, 2.24) is 0 Å². The molecule has 1 aliphatic heterocycles. The predicted octanol–water partition coefficient (Wildman–Crippen LogP) is 0.776. The molecule has 0 aromatic heterocycles. The van der Waals surface area contributed by atoms with E-state index in [9.17, 15) is 4.79 Å². The van der Waals surface area contributed by atoms with Crippen LogP contribution in [0, 0.1) is 0 Å². The van der Waals surface area contributed by atoms with Crippen LogP contribution in [0.15, 0.2) is 24.3 Å². The molecule has 0 spiro atoms. The van der Waals surface area contributed by atoms with Crippen molar-refractivity contribution < 1.29 is 14.3 Å². The Morgan fingerprint density at radius 2 is 2.17 bits per heavy atom. The predicted molar refractivity (Wildman–Crippen MR) is 68.8 cm³/mol. The van der Waals surface area contributed by atoms with Crippen molar-refractivity contribution in [2.24, 2.45) is 5.73 Å². The summed E-state index contributed by atoms with van der Waals surface area (Å²) in [6, 6.07) is 7.44. The number of nitrogens with zero attached hydrogens (tertiary/aromatic N) is 1. The highest BCUT2D eigenvalue weighted by molar-refractivity contribution is 5.97. The highest BCUT2D eigenvalue weighted by Gasteiger charge is 2.29. The quantitative estimate of drug-likeness (QED) is 0.857. The summed E-state index contributed by atoms with van der Waals surface area (Å²) in [4.78, 5) is 13.9. The van der Waals surface area contributed by atoms with Gasteiger partial charge < -0.3 is 20.1 Å². The minimum atomic E-state index is -0.411. The maximum absolute atomic E-state index is 12.2. The van der Waals surface area contributed by atoms with E-state index in [0.29, 0.717) is 26.1 Å². The molecule has 0 radical (unpaired) electrons. The molecule has 1 fully saturated rings. The van der Waals surface area contributed by atoms with Gasteiger partial charge in [-0.3, -0.25) is 4.79 Å². The molecule has 98 valence electrons. The minimum absolute atomic E-state index is 0.0168. The van der Waals surface area contributed by atoms with Crippen LogP contribution in [0.25, 0.3) is 0 Å². The third-order valence-corrected chi connectivity index (χ3v) is 2.99. The SMILES string of the molecule is COc1ccc(N2CCOC(CCN)C2=O)cc1. The van der Waals surface area contributed by atoms with E-state index >= 15 is 0 Å². The number of hydrogen-bond donors (Lipinski definition) is 1. The number of hydrogen-bond acceptors (Lipinski definition) is 4. The van der Waals surface area contributed by atoms with Crippen LogP contribution in [0.4, 0.5) is 5.69 Å². The zero-order valence-corrected chi connectivity index (χ0v) is 10.5. The minimum Gasteiger partial charge on any atom is -0.497 e. The zero-order chi connectivity index (χ0) is 13.0. The fraction of sp³-hybridized carbons (Fsp3) is 0.462. The Kier molecular flexibility index (Phi) is 4.17. The Morgan fingerprint density at radius 3 is 2.78 bits per heavy atom. The Labute approximate surface area is 106 Å². The smallest absolute Gasteiger partial charge is 0.256 e. The summed E-state index contributed by atoms with van der Waals surface area (Å²) in [7, 11) is 1.62. The molecule has 5 nitrogen and oxygen atoms in total. The summed E-state index contributed by atoms with van der Waals surface area (Å²) in [5, 5.41) is 0. The molecule has 1 aromatic carbocycles. The average Bonchev–Trinajstić information content (AvgIpc) is 2.42. The van der Waals surface area contributed by atoms with Gasteiger partial charge in [0.2, 0.25) is 0 Å². The van der Waals surface area contributed by atoms with Crippen LogP contribution in [0.3, 0.4) is 0 Å². The molecule has 2 rings (SSSR count). The second-order valence-electron chi connectivity index (χ2n) is 4.12. The van der Waals surface area contributed by atoms with Crippen LogP contribution in [0.1, 0.15) is 6.42 Å². The molecule has 1 aromatic rings. The summed E-state index contributed by atoms with van der Waals surface area (Å²) in [5.74, 6) is 0.759. The fourth-order valence-corrected chi connectivity index (χ4v) is 2.02. The lowest BCUT2D eigenvalue weighted by molar-refractivity contribution is -0.134. The number of amides is 1. The topological polar surface area (TPSA) is 64.8 Å². The fourth-order valence-electron chi connectivity index (χ4n) is 2.02. The number of carbonyl (C=O) groups excluding carboxylic acids is 1. The van der Waals surface area contributed by atoms with Gasteiger partial charge >= 0.3 is 0 Å². The van der Waals surface area contributed by atoms with Crippen molar-refractivity contribution in [2.75, 3.05) is 31.7 Å². The average molecular weight is 250 g/mol. The molecule has 1 heterocycles. The van der Waals surface area contributed by atoms with Gasteiger partial charge in [-0.05, 0) is 37.2 Å². The third kappa shape index (κ3) is 2.63. The summed E-state index contributed by atoms with van der Waals surface area (Å²) in [5.41, 5.74) is 6.34. The van der Waals surface area contributed by atoms with E-state index in [1.807, 2.05) is 24.3 Å². The second-order valence-corrected chi connectivity index (χ2v) is 4.12. The number of nitrogens with two attached hydrogens (primary N) is 1. The highest BCUT2D eigenvalue weighted by Crippen LogP contribution is 2.22. The van der Waals surface area contributed by atoms with Crippen LogP contribution < -0.4 is 15.4 Å². The molecule has 1 aliphatic rings. The van der Waals surface area contributed by atoms with Crippen LogP contribution >= 0.6 is 0 Å². The molecule has 0 bridgehead atoms. The summed E-state index contributed by atoms with van der Waals surface area (Å²) in [6.45, 7) is 1.57. The highest BCUT2D eigenvalue weighted by atomic mass is 16.5. The number of morpholine rings is 1. The summed E-state index contributed by atoms with van der Waals surface area (Å²) in [6.07, 6.45) is 0.150. The lowest BCUT2D eigenvalue weighted by atomic mass is 10.1. The molecule has 1 amide bonds. The Balaban J connectivity index is 2.13. The van der Waals surface area contributed by atoms with E-state index in [2.05, 4.69) is 0 Å². The van der Waals surface area contributed by atoms with E-state index in [0.717, 1.165) is 11.4 Å². The van der Waals surface area contributed by atoms with E-state index in [1.54, 1.807) is 12.0 Å². The van der Waals surface area contributed by atoms with Gasteiger partial charge in [-0.2, -0.15) is 0 Å². The maximum Gasteiger partial charge on any atom is 0.256 e. The lowest BCUT2D eigenvalue weighted by Gasteiger charge is -2.32. The van der Waals surface area contributed by atoms with Crippen LogP contribution in [-0.4, -0.2) is 38.8 Å². The van der Waals surface area contributed by atoms with Gasteiger partial charge in [0.15, 0.2) is 0 Å². The van der Waals surface area contributed by atoms with E-state index in [-0.39, 0.29) is 5.91 Å². The van der Waals surface area contributed by atoms with Crippen molar-refractivity contribution in [2.45, 2.75) is 12.5 Å². The molecule has 1 atom stereocenters. The number of ether oxygens (including phenoxy) is 2. The first-order valence-electron chi connectivity index (χ1n) is 6.03. The number of rotatable bonds is 4. The molecule has 1 saturated heterocycles. The van der Waals surface area contributed by atoms with E-state index < -0.39 is 6.10 Å². The van der Waals surface area contributed by atoms with Crippen LogP contribution in [0.5, 0.6) is 5.75 Å². The molecular weight excluding hydrogens is 232 g/mol. The van der Waals surface area contributed by atoms with Crippen LogP contribution in [-0.2, 0) is 9.53 Å². The third-order valence-electron chi connectivity index (χ3n) is 2.99. The van der Waals surface area contributed by atoms with Crippen molar-refractivity contribution in [3.8, 4) is 5.75 Å². The molecular formula is C13H18N2O3. The van der Waals surface area contributed by atoms with Gasteiger partial charge in [-0.25, -0.2) is 0 Å². The summed E-state index contributed by atoms with van der Waals surface area (Å²) >= 11 is 0. The van der Waals surface area contributed by atoms with Crippen molar-refractivity contribution in [1.29, 1.82) is 0 Å². The Hall–Kier alpha value is -1.59. The number of anilines is 1. The van der Waals surface area contributed by atoms with Gasteiger partial charge in [0.25, 0.3) is 5.91 Å². The number of methoxy groups -OCH3 is 1. The van der Waals surface area contributed by atoms with Gasteiger partial charge in [-0.1, -0.05) is 0 Å². The normalized spacial score (nSPS) is 20.0. The zero-order valence-electron chi connectivity index (χ0n) is 10.5. The van der Waals surface area contributed by atoms with Crippen molar-refractivity contribution >= 4 is 11.6 Å². The first-order chi connectivity index (χ1) is 8.76. The molecule has 0 aliphatic carbocycles. The van der Waals surface area contributed by atoms with E-state index in [4.69, 9.17) is 15.2 Å². The number of carbonyl (C=O) groups is 1. The van der Waals surface area contributed by atoms with Gasteiger partial charge in [-0.15, -0.1) is 0 Å². The summed E-state index contributed by atoms with van der Waals surface area (Å²) < 4.78 is 10.5. The Bertz CT molecular complexity index is 403. The van der Waals surface area contributed by atoms with Crippen molar-refractivity contribution in [3.63, 3.8) is 0 Å². The molecule has 2 N–H and O–H groups in total. The molecule has 1 unspecified atom stereocenters. The van der Waals surface area contributed by atoms with Crippen molar-refractivity contribution in [3.05, 3.63) is 24.3 Å². The second kappa shape index (κ2) is 5.84. The van der Waals surface area contributed by atoms with Gasteiger partial charge in [0, 0.05) is 12.2 Å². The first-order valence-corrected chi connectivity index (χ1v) is 6.03. The first kappa shape index (κ1) is 12.9. The standard InChI is InChI=1S/C13H18N2O3/c1-17-11-4-2-10(3-5-11)15-8-9-18-12(6-7-14)13(15)16/h2-5,12H,6-9,14H2,1H3. The molecule has 18 heavy (non-hydrogen) atoms. The molecule has 0 saturated carbocycles. The van der Waals surface area contributed by atoms with Gasteiger partial charge in [0.1, 0.15) is 11.9 Å². The Morgan fingerprint density at radius 1 is 1.44 bits per heavy atom. The number of benzene rings is 1. The van der Waals surface area contributed by atoms with Gasteiger partial charge in [0.05, 0.1) is 13.7 Å². The van der Waals surface area contributed by atoms with E-state index in [1.165, 1.54) is 0 Å².